The van der Waals surface area contributed by atoms with Crippen molar-refractivity contribution in [1.82, 2.24) is 24.6 Å². The van der Waals surface area contributed by atoms with Gasteiger partial charge in [-0.25, -0.2) is 13.9 Å². The highest BCUT2D eigenvalue weighted by Gasteiger charge is 2.55. The standard InChI is InChI=1S/C23H29FN9O8P/c1-5-38-20(35)12(2)30-42(36,41-14-8-6-13(24)7-9-14)39-10-15-17(34)23(3,31-32-26)21(40-15)33-11-27-16-18(33)28-22(25)29-19(16)37-4/h6-9,11-12,15,17,21,34H,5,10H2,1-4H3,(H,30,36)(H2,25,28,29)/t12-,15+,17+,21+,23+,42?/m0/s1. The van der Waals surface area contributed by atoms with Gasteiger partial charge in [-0.1, -0.05) is 5.11 Å². The third-order valence-electron chi connectivity index (χ3n) is 6.31. The molecule has 1 saturated heterocycles. The van der Waals surface area contributed by atoms with E-state index in [2.05, 4.69) is 30.1 Å². The number of aromatic nitrogens is 4. The maximum Gasteiger partial charge on any atom is 0.459 e. The van der Waals surface area contributed by atoms with Crippen molar-refractivity contribution in [3.63, 3.8) is 0 Å². The third-order valence-corrected chi connectivity index (χ3v) is 7.95. The van der Waals surface area contributed by atoms with Crippen LogP contribution in [-0.4, -0.2) is 74.7 Å². The summed E-state index contributed by atoms with van der Waals surface area (Å²) in [6.07, 6.45) is -2.66. The normalized spacial score (nSPS) is 24.0. The molecule has 0 amide bonds. The van der Waals surface area contributed by atoms with Crippen molar-refractivity contribution >= 4 is 30.8 Å². The maximum absolute atomic E-state index is 13.8. The molecule has 17 nitrogen and oxygen atoms in total. The smallest absolute Gasteiger partial charge is 0.459 e. The monoisotopic (exact) mass is 609 g/mol. The van der Waals surface area contributed by atoms with Crippen LogP contribution >= 0.6 is 7.75 Å². The average Bonchev–Trinajstić information content (AvgIpc) is 3.46. The van der Waals surface area contributed by atoms with Crippen LogP contribution < -0.4 is 20.1 Å². The molecule has 0 spiro atoms. The predicted octanol–water partition coefficient (Wildman–Crippen LogP) is 2.63. The molecule has 4 rings (SSSR count). The van der Waals surface area contributed by atoms with Gasteiger partial charge in [0.15, 0.2) is 17.4 Å². The number of fused-ring (bicyclic) bond motifs is 1. The molecule has 0 saturated carbocycles. The first kappa shape index (κ1) is 30.9. The zero-order valence-corrected chi connectivity index (χ0v) is 23.8. The van der Waals surface area contributed by atoms with Gasteiger partial charge in [0.2, 0.25) is 11.8 Å². The molecule has 4 N–H and O–H groups in total. The number of nitrogens with two attached hydrogens (primary N) is 1. The number of benzene rings is 1. The number of nitrogens with one attached hydrogen (secondary N) is 1. The van der Waals surface area contributed by atoms with Crippen molar-refractivity contribution in [2.24, 2.45) is 5.11 Å². The number of imidazole rings is 1. The molecule has 1 aliphatic heterocycles. The van der Waals surface area contributed by atoms with Crippen LogP contribution in [0.15, 0.2) is 35.7 Å². The summed E-state index contributed by atoms with van der Waals surface area (Å²) in [6, 6.07) is 3.43. The Balaban J connectivity index is 1.63. The van der Waals surface area contributed by atoms with E-state index in [-0.39, 0.29) is 35.3 Å². The number of rotatable bonds is 12. The first-order valence-corrected chi connectivity index (χ1v) is 14.1. The second-order valence-electron chi connectivity index (χ2n) is 9.24. The minimum atomic E-state index is -4.40. The molecule has 19 heteroatoms. The van der Waals surface area contributed by atoms with Crippen LogP contribution in [0.1, 0.15) is 27.0 Å². The van der Waals surface area contributed by atoms with Gasteiger partial charge in [-0.05, 0) is 50.6 Å². The van der Waals surface area contributed by atoms with Crippen LogP contribution in [-0.2, 0) is 23.4 Å². The van der Waals surface area contributed by atoms with E-state index in [0.717, 1.165) is 12.1 Å². The van der Waals surface area contributed by atoms with E-state index in [1.807, 2.05) is 0 Å². The summed E-state index contributed by atoms with van der Waals surface area (Å²) < 4.78 is 55.9. The van der Waals surface area contributed by atoms with Gasteiger partial charge in [0.25, 0.3) is 0 Å². The molecule has 1 aromatic carbocycles. The molecule has 0 radical (unpaired) electrons. The van der Waals surface area contributed by atoms with Crippen molar-refractivity contribution in [2.75, 3.05) is 26.1 Å². The van der Waals surface area contributed by atoms with Crippen LogP contribution in [0.3, 0.4) is 0 Å². The highest BCUT2D eigenvalue weighted by Crippen LogP contribution is 2.48. The number of esters is 1. The van der Waals surface area contributed by atoms with Gasteiger partial charge in [-0.2, -0.15) is 15.1 Å². The summed E-state index contributed by atoms with van der Waals surface area (Å²) >= 11 is 0. The lowest BCUT2D eigenvalue weighted by Crippen LogP contribution is -2.43. The zero-order valence-electron chi connectivity index (χ0n) is 22.9. The van der Waals surface area contributed by atoms with E-state index < -0.39 is 56.2 Å². The lowest BCUT2D eigenvalue weighted by Gasteiger charge is -2.28. The van der Waals surface area contributed by atoms with Gasteiger partial charge in [0, 0.05) is 4.91 Å². The minimum Gasteiger partial charge on any atom is -0.479 e. The molecule has 42 heavy (non-hydrogen) atoms. The third kappa shape index (κ3) is 6.23. The fourth-order valence-electron chi connectivity index (χ4n) is 4.26. The molecule has 1 fully saturated rings. The van der Waals surface area contributed by atoms with Gasteiger partial charge in [-0.15, -0.1) is 0 Å². The molecular formula is C23H29FN9O8P. The van der Waals surface area contributed by atoms with E-state index >= 15 is 0 Å². The van der Waals surface area contributed by atoms with Crippen molar-refractivity contribution in [3.8, 4) is 11.6 Å². The Labute approximate surface area is 238 Å². The fraction of sp³-hybridized carbons (Fsp3) is 0.478. The van der Waals surface area contributed by atoms with Gasteiger partial charge in [0.05, 0.1) is 32.8 Å². The lowest BCUT2D eigenvalue weighted by atomic mass is 9.93. The molecule has 2 aromatic heterocycles. The number of aliphatic hydroxyl groups is 1. The van der Waals surface area contributed by atoms with E-state index in [1.54, 1.807) is 6.92 Å². The van der Waals surface area contributed by atoms with E-state index in [0.29, 0.717) is 0 Å². The number of carbonyl (C=O) groups excluding carboxylic acids is 1. The first-order chi connectivity index (χ1) is 19.9. The number of halogens is 1. The molecule has 0 aliphatic carbocycles. The molecular weight excluding hydrogens is 580 g/mol. The maximum atomic E-state index is 13.8. The Bertz CT molecular complexity index is 1540. The van der Waals surface area contributed by atoms with Crippen LogP contribution in [0.4, 0.5) is 10.3 Å². The lowest BCUT2D eigenvalue weighted by molar-refractivity contribution is -0.144. The summed E-state index contributed by atoms with van der Waals surface area (Å²) in [7, 11) is -3.03. The number of nitrogen functional groups attached to an aromatic ring is 1. The number of nitrogens with zero attached hydrogens (tertiary/aromatic N) is 7. The quantitative estimate of drug-likeness (QED) is 0.0882. The van der Waals surface area contributed by atoms with Gasteiger partial charge >= 0.3 is 13.7 Å². The highest BCUT2D eigenvalue weighted by molar-refractivity contribution is 7.52. The fourth-order valence-corrected chi connectivity index (χ4v) is 5.76. The van der Waals surface area contributed by atoms with Gasteiger partial charge < -0.3 is 29.6 Å². The zero-order chi connectivity index (χ0) is 30.7. The van der Waals surface area contributed by atoms with Gasteiger partial charge in [-0.3, -0.25) is 13.9 Å². The number of azide groups is 1. The molecule has 1 unspecified atom stereocenters. The molecule has 3 aromatic rings. The van der Waals surface area contributed by atoms with Crippen molar-refractivity contribution in [1.29, 1.82) is 0 Å². The number of anilines is 1. The Morgan fingerprint density at radius 1 is 1.40 bits per heavy atom. The molecule has 226 valence electrons. The first-order valence-electron chi connectivity index (χ1n) is 12.5. The summed E-state index contributed by atoms with van der Waals surface area (Å²) in [5.74, 6) is -1.38. The number of methoxy groups -OCH3 is 1. The van der Waals surface area contributed by atoms with Crippen molar-refractivity contribution in [2.45, 2.75) is 50.8 Å². The SMILES string of the molecule is CCOC(=O)[C@H](C)NP(=O)(OC[C@H]1O[C@@H](n2cnc3c(OC)nc(N)nc32)[C@](C)(N=[N+]=[N-])[C@@H]1O)Oc1ccc(F)cc1. The van der Waals surface area contributed by atoms with E-state index in [1.165, 1.54) is 44.0 Å². The molecule has 0 bridgehead atoms. The molecule has 6 atom stereocenters. The van der Waals surface area contributed by atoms with Crippen LogP contribution in [0.5, 0.6) is 11.6 Å². The predicted molar refractivity (Wildman–Crippen MR) is 144 cm³/mol. The number of ether oxygens (including phenoxy) is 3. The second kappa shape index (κ2) is 12.4. The Hall–Kier alpha value is -4.05. The Morgan fingerprint density at radius 2 is 2.12 bits per heavy atom. The number of hydrogen-bond acceptors (Lipinski definition) is 13. The number of aliphatic hydroxyl groups excluding tert-OH is 1. The van der Waals surface area contributed by atoms with E-state index in [9.17, 15) is 24.4 Å². The van der Waals surface area contributed by atoms with Gasteiger partial charge in [0.1, 0.15) is 29.3 Å². The second-order valence-corrected chi connectivity index (χ2v) is 10.9. The molecule has 1 aliphatic rings. The average molecular weight is 610 g/mol. The summed E-state index contributed by atoms with van der Waals surface area (Å²) in [4.78, 5) is 27.5. The Morgan fingerprint density at radius 3 is 2.76 bits per heavy atom. The van der Waals surface area contributed by atoms with Crippen LogP contribution in [0, 0.1) is 5.82 Å². The summed E-state index contributed by atoms with van der Waals surface area (Å²) in [5.41, 5.74) is 13.9. The Kier molecular flexibility index (Phi) is 9.15. The highest BCUT2D eigenvalue weighted by atomic mass is 31.2. The number of carbonyl (C=O) groups is 1. The summed E-state index contributed by atoms with van der Waals surface area (Å²) in [6.45, 7) is 3.91. The van der Waals surface area contributed by atoms with Crippen molar-refractivity contribution in [3.05, 3.63) is 46.9 Å². The van der Waals surface area contributed by atoms with E-state index in [4.69, 9.17) is 29.0 Å². The van der Waals surface area contributed by atoms with Crippen LogP contribution in [0.25, 0.3) is 21.6 Å². The van der Waals surface area contributed by atoms with Crippen LogP contribution in [0.2, 0.25) is 0 Å². The molecule has 3 heterocycles. The van der Waals surface area contributed by atoms with Crippen molar-refractivity contribution < 1.29 is 42.1 Å². The largest absolute Gasteiger partial charge is 0.479 e. The number of hydrogen-bond donors (Lipinski definition) is 3. The summed E-state index contributed by atoms with van der Waals surface area (Å²) in [5, 5.41) is 17.5. The topological polar surface area (TPSA) is 231 Å². The minimum absolute atomic E-state index is 0.0379.